The van der Waals surface area contributed by atoms with Crippen molar-refractivity contribution in [3.63, 3.8) is 0 Å². The number of carbonyl (C=O) groups excluding carboxylic acids is 1. The van der Waals surface area contributed by atoms with Crippen molar-refractivity contribution < 1.29 is 22.4 Å². The van der Waals surface area contributed by atoms with Crippen LogP contribution in [-0.4, -0.2) is 10.9 Å². The van der Waals surface area contributed by atoms with Crippen LogP contribution in [0.25, 0.3) is 0 Å². The van der Waals surface area contributed by atoms with Crippen LogP contribution < -0.4 is 5.32 Å². The van der Waals surface area contributed by atoms with Gasteiger partial charge in [0, 0.05) is 23.5 Å². The summed E-state index contributed by atoms with van der Waals surface area (Å²) in [6.45, 7) is 0. The smallest absolute Gasteiger partial charge is 0.417 e. The Morgan fingerprint density at radius 3 is 2.68 bits per heavy atom. The van der Waals surface area contributed by atoms with Crippen LogP contribution in [-0.2, 0) is 11.9 Å². The number of thioether (sulfide) groups is 1. The molecule has 3 heterocycles. The van der Waals surface area contributed by atoms with Crippen molar-refractivity contribution in [1.29, 1.82) is 0 Å². The fourth-order valence-corrected chi connectivity index (χ4v) is 3.49. The Morgan fingerprint density at radius 2 is 2.00 bits per heavy atom. The first-order valence-electron chi connectivity index (χ1n) is 7.00. The summed E-state index contributed by atoms with van der Waals surface area (Å²) in [5.74, 6) is 0.0993. The molecule has 0 saturated heterocycles. The summed E-state index contributed by atoms with van der Waals surface area (Å²) in [6, 6.07) is 7.78. The summed E-state index contributed by atoms with van der Waals surface area (Å²) in [5, 5.41) is 4.01. The molecular formula is C16H11F3N2O2S2. The van der Waals surface area contributed by atoms with Gasteiger partial charge in [-0.15, -0.1) is 11.3 Å². The Kier molecular flexibility index (Phi) is 5.14. The Hall–Kier alpha value is -2.26. The van der Waals surface area contributed by atoms with Gasteiger partial charge < -0.3 is 9.73 Å². The van der Waals surface area contributed by atoms with E-state index < -0.39 is 17.6 Å². The highest BCUT2D eigenvalue weighted by Gasteiger charge is 2.31. The fourth-order valence-electron chi connectivity index (χ4n) is 1.88. The summed E-state index contributed by atoms with van der Waals surface area (Å²) in [7, 11) is 0. The molecule has 0 unspecified atom stereocenters. The van der Waals surface area contributed by atoms with Gasteiger partial charge >= 0.3 is 6.18 Å². The van der Waals surface area contributed by atoms with Gasteiger partial charge in [-0.1, -0.05) is 11.8 Å². The van der Waals surface area contributed by atoms with Crippen molar-refractivity contribution in [3.8, 4) is 0 Å². The molecular weight excluding hydrogens is 373 g/mol. The summed E-state index contributed by atoms with van der Waals surface area (Å²) in [6.07, 6.45) is -1.05. The van der Waals surface area contributed by atoms with E-state index in [9.17, 15) is 18.0 Å². The molecule has 3 aromatic heterocycles. The van der Waals surface area contributed by atoms with Gasteiger partial charge in [-0.2, -0.15) is 13.2 Å². The van der Waals surface area contributed by atoms with Gasteiger partial charge in [0.25, 0.3) is 5.91 Å². The molecule has 1 amide bonds. The molecule has 9 heteroatoms. The molecule has 0 aromatic carbocycles. The van der Waals surface area contributed by atoms with Gasteiger partial charge in [0.05, 0.1) is 10.6 Å². The number of halogens is 3. The molecule has 0 bridgehead atoms. The number of nitrogens with one attached hydrogen (secondary N) is 1. The molecule has 130 valence electrons. The minimum atomic E-state index is -4.43. The van der Waals surface area contributed by atoms with E-state index >= 15 is 0 Å². The Bertz CT molecular complexity index is 860. The maximum Gasteiger partial charge on any atom is 0.417 e. The van der Waals surface area contributed by atoms with Crippen LogP contribution in [0.3, 0.4) is 0 Å². The highest BCUT2D eigenvalue weighted by Crippen LogP contribution is 2.35. The quantitative estimate of drug-likeness (QED) is 0.607. The van der Waals surface area contributed by atoms with E-state index in [4.69, 9.17) is 4.42 Å². The van der Waals surface area contributed by atoms with Crippen LogP contribution >= 0.6 is 23.1 Å². The van der Waals surface area contributed by atoms with Gasteiger partial charge in [0.2, 0.25) is 0 Å². The first kappa shape index (κ1) is 17.6. The third-order valence-electron chi connectivity index (χ3n) is 3.10. The van der Waals surface area contributed by atoms with E-state index in [1.54, 1.807) is 18.5 Å². The van der Waals surface area contributed by atoms with Crippen molar-refractivity contribution in [2.45, 2.75) is 17.0 Å². The van der Waals surface area contributed by atoms with Crippen molar-refractivity contribution in [1.82, 2.24) is 4.98 Å². The maximum atomic E-state index is 12.6. The van der Waals surface area contributed by atoms with Gasteiger partial charge in [-0.25, -0.2) is 0 Å². The molecule has 0 spiro atoms. The number of anilines is 1. The van der Waals surface area contributed by atoms with Crippen LogP contribution in [0.2, 0.25) is 0 Å². The molecule has 25 heavy (non-hydrogen) atoms. The zero-order chi connectivity index (χ0) is 17.9. The Balaban J connectivity index is 1.60. The molecule has 0 aliphatic heterocycles. The number of amides is 1. The predicted molar refractivity (Wildman–Crippen MR) is 89.8 cm³/mol. The minimum Gasteiger partial charge on any atom is -0.445 e. The normalized spacial score (nSPS) is 11.5. The average Bonchev–Trinajstić information content (AvgIpc) is 3.23. The summed E-state index contributed by atoms with van der Waals surface area (Å²) in [5.41, 5.74) is 0.265. The average molecular weight is 384 g/mol. The van der Waals surface area contributed by atoms with E-state index in [0.29, 0.717) is 10.8 Å². The third-order valence-corrected chi connectivity index (χ3v) is 4.93. The monoisotopic (exact) mass is 384 g/mol. The largest absolute Gasteiger partial charge is 0.445 e. The molecule has 0 aliphatic rings. The highest BCUT2D eigenvalue weighted by atomic mass is 32.2. The molecule has 0 aliphatic carbocycles. The second kappa shape index (κ2) is 7.32. The van der Waals surface area contributed by atoms with E-state index in [1.165, 1.54) is 17.8 Å². The van der Waals surface area contributed by atoms with Gasteiger partial charge in [-0.3, -0.25) is 9.78 Å². The van der Waals surface area contributed by atoms with Crippen molar-refractivity contribution in [2.75, 3.05) is 5.32 Å². The van der Waals surface area contributed by atoms with Gasteiger partial charge in [0.1, 0.15) is 0 Å². The number of aromatic nitrogens is 1. The van der Waals surface area contributed by atoms with Crippen molar-refractivity contribution >= 4 is 34.0 Å². The molecule has 0 saturated carbocycles. The van der Waals surface area contributed by atoms with Crippen molar-refractivity contribution in [2.24, 2.45) is 0 Å². The summed E-state index contributed by atoms with van der Waals surface area (Å²) in [4.78, 5) is 16.0. The molecule has 3 rings (SSSR count). The number of rotatable bonds is 5. The summed E-state index contributed by atoms with van der Waals surface area (Å²) >= 11 is 2.21. The Morgan fingerprint density at radius 1 is 1.24 bits per heavy atom. The number of nitrogens with zero attached hydrogens (tertiary/aromatic N) is 1. The van der Waals surface area contributed by atoms with E-state index in [-0.39, 0.29) is 10.8 Å². The number of thiophene rings is 1. The number of pyridine rings is 1. The second-order valence-electron chi connectivity index (χ2n) is 4.91. The first-order chi connectivity index (χ1) is 11.9. The number of furan rings is 1. The Labute approximate surface area is 149 Å². The number of carbonyl (C=O) groups is 1. The van der Waals surface area contributed by atoms with Gasteiger partial charge in [0.15, 0.2) is 10.9 Å². The van der Waals surface area contributed by atoms with Crippen LogP contribution in [0.4, 0.5) is 18.2 Å². The predicted octanol–water partition coefficient (Wildman–Crippen LogP) is 5.30. The lowest BCUT2D eigenvalue weighted by atomic mass is 10.3. The number of hydrogen-bond acceptors (Lipinski definition) is 5. The molecule has 1 N–H and O–H groups in total. The van der Waals surface area contributed by atoms with Crippen LogP contribution in [0.15, 0.2) is 57.6 Å². The van der Waals surface area contributed by atoms with Gasteiger partial charge in [-0.05, 0) is 35.9 Å². The standard InChI is InChI=1S/C16H11F3N2O2S2/c17-16(18,19)11-7-13(24-9-11)21-15(22)12-1-2-14(23-12)25-8-10-3-5-20-6-4-10/h1-7,9H,8H2,(H,21,22). The van der Waals surface area contributed by atoms with E-state index in [0.717, 1.165) is 28.3 Å². The maximum absolute atomic E-state index is 12.6. The van der Waals surface area contributed by atoms with E-state index in [2.05, 4.69) is 10.3 Å². The van der Waals surface area contributed by atoms with Crippen LogP contribution in [0.1, 0.15) is 21.7 Å². The zero-order valence-electron chi connectivity index (χ0n) is 12.5. The van der Waals surface area contributed by atoms with E-state index in [1.807, 2.05) is 12.1 Å². The number of alkyl halides is 3. The minimum absolute atomic E-state index is 0.0409. The summed E-state index contributed by atoms with van der Waals surface area (Å²) < 4.78 is 43.1. The molecule has 0 atom stereocenters. The topological polar surface area (TPSA) is 55.1 Å². The van der Waals surface area contributed by atoms with Crippen LogP contribution in [0.5, 0.6) is 0 Å². The lowest BCUT2D eigenvalue weighted by molar-refractivity contribution is -0.137. The molecule has 3 aromatic rings. The SMILES string of the molecule is O=C(Nc1cc(C(F)(F)F)cs1)c1ccc(SCc2ccncc2)o1. The lowest BCUT2D eigenvalue weighted by Crippen LogP contribution is -2.10. The lowest BCUT2D eigenvalue weighted by Gasteiger charge is -2.02. The second-order valence-corrected chi connectivity index (χ2v) is 6.81. The molecule has 0 radical (unpaired) electrons. The van der Waals surface area contributed by atoms with Crippen LogP contribution in [0, 0.1) is 0 Å². The molecule has 0 fully saturated rings. The van der Waals surface area contributed by atoms with Crippen molar-refractivity contribution in [3.05, 3.63) is 65.0 Å². The fraction of sp³-hybridized carbons (Fsp3) is 0.125. The zero-order valence-corrected chi connectivity index (χ0v) is 14.2. The highest BCUT2D eigenvalue weighted by molar-refractivity contribution is 7.98. The first-order valence-corrected chi connectivity index (χ1v) is 8.87. The molecule has 4 nitrogen and oxygen atoms in total. The number of hydrogen-bond donors (Lipinski definition) is 1. The third kappa shape index (κ3) is 4.64.